The number of rotatable bonds is 4. The van der Waals surface area contributed by atoms with Crippen molar-refractivity contribution in [2.75, 3.05) is 13.1 Å². The molecule has 2 heterocycles. The molecule has 1 aliphatic heterocycles. The Kier molecular flexibility index (Phi) is 3.63. The SMILES string of the molecule is CCc1cc(CN2CC(C)NCC2C2CC2)n(C)n1. The van der Waals surface area contributed by atoms with Crippen LogP contribution in [0, 0.1) is 5.92 Å². The zero-order chi connectivity index (χ0) is 13.4. The van der Waals surface area contributed by atoms with Crippen LogP contribution in [0.5, 0.6) is 0 Å². The summed E-state index contributed by atoms with van der Waals surface area (Å²) >= 11 is 0. The van der Waals surface area contributed by atoms with Gasteiger partial charge in [-0.05, 0) is 38.2 Å². The van der Waals surface area contributed by atoms with Gasteiger partial charge in [-0.15, -0.1) is 0 Å². The van der Waals surface area contributed by atoms with Gasteiger partial charge < -0.3 is 5.32 Å². The monoisotopic (exact) mass is 262 g/mol. The van der Waals surface area contributed by atoms with Crippen LogP contribution in [0.4, 0.5) is 0 Å². The van der Waals surface area contributed by atoms with E-state index in [2.05, 4.69) is 47.0 Å². The van der Waals surface area contributed by atoms with Crippen LogP contribution in [0.1, 0.15) is 38.1 Å². The lowest BCUT2D eigenvalue weighted by molar-refractivity contribution is 0.109. The van der Waals surface area contributed by atoms with Gasteiger partial charge in [0.15, 0.2) is 0 Å². The molecule has 2 unspecified atom stereocenters. The van der Waals surface area contributed by atoms with E-state index in [1.807, 2.05) is 0 Å². The van der Waals surface area contributed by atoms with E-state index >= 15 is 0 Å². The first-order valence-corrected chi connectivity index (χ1v) is 7.66. The van der Waals surface area contributed by atoms with Crippen LogP contribution < -0.4 is 5.32 Å². The molecular formula is C15H26N4. The van der Waals surface area contributed by atoms with Gasteiger partial charge >= 0.3 is 0 Å². The Morgan fingerprint density at radius 3 is 2.84 bits per heavy atom. The molecule has 0 amide bonds. The molecule has 1 N–H and O–H groups in total. The lowest BCUT2D eigenvalue weighted by Gasteiger charge is -2.39. The predicted molar refractivity (Wildman–Crippen MR) is 77.0 cm³/mol. The predicted octanol–water partition coefficient (Wildman–Crippen LogP) is 1.55. The highest BCUT2D eigenvalue weighted by atomic mass is 15.3. The third-order valence-electron chi connectivity index (χ3n) is 4.57. The molecule has 19 heavy (non-hydrogen) atoms. The summed E-state index contributed by atoms with van der Waals surface area (Å²) in [6.07, 6.45) is 3.86. The van der Waals surface area contributed by atoms with E-state index in [4.69, 9.17) is 0 Å². The number of hydrogen-bond donors (Lipinski definition) is 1. The molecule has 0 radical (unpaired) electrons. The Morgan fingerprint density at radius 1 is 1.42 bits per heavy atom. The molecule has 1 aliphatic carbocycles. The van der Waals surface area contributed by atoms with Crippen molar-refractivity contribution in [3.63, 3.8) is 0 Å². The molecule has 0 aromatic carbocycles. The molecule has 2 aliphatic rings. The van der Waals surface area contributed by atoms with E-state index in [0.717, 1.165) is 38.0 Å². The van der Waals surface area contributed by atoms with Gasteiger partial charge in [-0.3, -0.25) is 9.58 Å². The third kappa shape index (κ3) is 2.84. The quantitative estimate of drug-likeness (QED) is 0.894. The first-order valence-electron chi connectivity index (χ1n) is 7.66. The van der Waals surface area contributed by atoms with Crippen molar-refractivity contribution in [2.45, 2.75) is 51.7 Å². The van der Waals surface area contributed by atoms with Crippen molar-refractivity contribution in [3.8, 4) is 0 Å². The molecule has 1 aromatic heterocycles. The van der Waals surface area contributed by atoms with Gasteiger partial charge in [0.25, 0.3) is 0 Å². The standard InChI is InChI=1S/C15H26N4/c1-4-13-7-14(18(3)17-13)10-19-9-11(2)16-8-15(19)12-5-6-12/h7,11-12,15-16H,4-6,8-10H2,1-3H3. The van der Waals surface area contributed by atoms with Crippen molar-refractivity contribution < 1.29 is 0 Å². The van der Waals surface area contributed by atoms with Gasteiger partial charge in [0.2, 0.25) is 0 Å². The molecule has 106 valence electrons. The molecule has 4 nitrogen and oxygen atoms in total. The van der Waals surface area contributed by atoms with Crippen LogP contribution in [0.15, 0.2) is 6.07 Å². The first kappa shape index (κ1) is 13.1. The maximum atomic E-state index is 4.57. The first-order chi connectivity index (χ1) is 9.17. The van der Waals surface area contributed by atoms with E-state index in [9.17, 15) is 0 Å². The van der Waals surface area contributed by atoms with E-state index in [-0.39, 0.29) is 0 Å². The summed E-state index contributed by atoms with van der Waals surface area (Å²) < 4.78 is 2.06. The van der Waals surface area contributed by atoms with Crippen molar-refractivity contribution >= 4 is 0 Å². The number of hydrogen-bond acceptors (Lipinski definition) is 3. The highest BCUT2D eigenvalue weighted by Gasteiger charge is 2.38. The van der Waals surface area contributed by atoms with Gasteiger partial charge in [-0.1, -0.05) is 6.92 Å². The molecule has 2 fully saturated rings. The number of aryl methyl sites for hydroxylation is 2. The summed E-state index contributed by atoms with van der Waals surface area (Å²) in [4.78, 5) is 2.68. The molecule has 3 rings (SSSR count). The Morgan fingerprint density at radius 2 is 2.21 bits per heavy atom. The highest BCUT2D eigenvalue weighted by molar-refractivity contribution is 5.11. The second-order valence-corrected chi connectivity index (χ2v) is 6.25. The fourth-order valence-electron chi connectivity index (χ4n) is 3.23. The number of nitrogens with one attached hydrogen (secondary N) is 1. The summed E-state index contributed by atoms with van der Waals surface area (Å²) in [5.74, 6) is 0.930. The molecule has 2 atom stereocenters. The van der Waals surface area contributed by atoms with Gasteiger partial charge in [0, 0.05) is 38.8 Å². The summed E-state index contributed by atoms with van der Waals surface area (Å²) in [5.41, 5.74) is 2.57. The fourth-order valence-corrected chi connectivity index (χ4v) is 3.23. The Labute approximate surface area is 116 Å². The highest BCUT2D eigenvalue weighted by Crippen LogP contribution is 2.36. The third-order valence-corrected chi connectivity index (χ3v) is 4.57. The summed E-state index contributed by atoms with van der Waals surface area (Å²) in [6, 6.07) is 3.61. The summed E-state index contributed by atoms with van der Waals surface area (Å²) in [7, 11) is 2.08. The van der Waals surface area contributed by atoms with Gasteiger partial charge in [-0.2, -0.15) is 5.10 Å². The molecule has 1 saturated heterocycles. The largest absolute Gasteiger partial charge is 0.311 e. The van der Waals surface area contributed by atoms with Crippen molar-refractivity contribution in [1.29, 1.82) is 0 Å². The number of piperazine rings is 1. The van der Waals surface area contributed by atoms with Crippen molar-refractivity contribution in [2.24, 2.45) is 13.0 Å². The molecule has 1 saturated carbocycles. The van der Waals surface area contributed by atoms with Crippen molar-refractivity contribution in [1.82, 2.24) is 20.0 Å². The van der Waals surface area contributed by atoms with Gasteiger partial charge in [0.1, 0.15) is 0 Å². The van der Waals surface area contributed by atoms with Gasteiger partial charge in [0.05, 0.1) is 11.4 Å². The zero-order valence-corrected chi connectivity index (χ0v) is 12.4. The Bertz CT molecular complexity index is 435. The van der Waals surface area contributed by atoms with E-state index in [1.54, 1.807) is 0 Å². The second kappa shape index (κ2) is 5.25. The van der Waals surface area contributed by atoms with E-state index in [0.29, 0.717) is 6.04 Å². The molecule has 1 aromatic rings. The topological polar surface area (TPSA) is 33.1 Å². The molecule has 0 bridgehead atoms. The van der Waals surface area contributed by atoms with Gasteiger partial charge in [-0.25, -0.2) is 0 Å². The normalized spacial score (nSPS) is 28.8. The molecular weight excluding hydrogens is 236 g/mol. The average Bonchev–Trinajstić information content (AvgIpc) is 3.16. The average molecular weight is 262 g/mol. The smallest absolute Gasteiger partial charge is 0.0625 e. The fraction of sp³-hybridized carbons (Fsp3) is 0.800. The zero-order valence-electron chi connectivity index (χ0n) is 12.4. The maximum Gasteiger partial charge on any atom is 0.0625 e. The van der Waals surface area contributed by atoms with Crippen LogP contribution in [0.2, 0.25) is 0 Å². The lowest BCUT2D eigenvalue weighted by Crippen LogP contribution is -2.55. The van der Waals surface area contributed by atoms with Crippen molar-refractivity contribution in [3.05, 3.63) is 17.5 Å². The van der Waals surface area contributed by atoms with Crippen LogP contribution in [0.3, 0.4) is 0 Å². The Balaban J connectivity index is 1.72. The minimum atomic E-state index is 0.605. The minimum Gasteiger partial charge on any atom is -0.311 e. The van der Waals surface area contributed by atoms with E-state index in [1.165, 1.54) is 24.2 Å². The summed E-state index contributed by atoms with van der Waals surface area (Å²) in [5, 5.41) is 8.21. The number of nitrogens with zero attached hydrogens (tertiary/aromatic N) is 3. The summed E-state index contributed by atoms with van der Waals surface area (Å²) in [6.45, 7) is 7.83. The number of aromatic nitrogens is 2. The minimum absolute atomic E-state index is 0.605. The lowest BCUT2D eigenvalue weighted by atomic mass is 10.1. The van der Waals surface area contributed by atoms with Crippen LogP contribution in [0.25, 0.3) is 0 Å². The van der Waals surface area contributed by atoms with Crippen LogP contribution in [-0.2, 0) is 20.0 Å². The maximum absolute atomic E-state index is 4.57. The van der Waals surface area contributed by atoms with E-state index < -0.39 is 0 Å². The Hall–Kier alpha value is -0.870. The van der Waals surface area contributed by atoms with Crippen LogP contribution >= 0.6 is 0 Å². The second-order valence-electron chi connectivity index (χ2n) is 6.25. The molecule has 4 heteroatoms. The molecule has 0 spiro atoms. The van der Waals surface area contributed by atoms with Crippen LogP contribution in [-0.4, -0.2) is 39.9 Å².